The lowest BCUT2D eigenvalue weighted by Gasteiger charge is -2.30. The second-order valence-corrected chi connectivity index (χ2v) is 10.4. The molecule has 0 unspecified atom stereocenters. The van der Waals surface area contributed by atoms with Gasteiger partial charge in [0.25, 0.3) is 0 Å². The second kappa shape index (κ2) is 20.2. The van der Waals surface area contributed by atoms with Crippen LogP contribution < -0.4 is 0 Å². The minimum absolute atomic E-state index is 0.780. The Balaban J connectivity index is 4.52. The third kappa shape index (κ3) is 15.5. The Morgan fingerprint density at radius 2 is 0.923 bits per heavy atom. The summed E-state index contributed by atoms with van der Waals surface area (Å²) < 4.78 is 19.1. The second-order valence-electron chi connectivity index (χ2n) is 7.24. The molecule has 0 saturated carbocycles. The first-order valence-corrected chi connectivity index (χ1v) is 13.8. The Kier molecular flexibility index (Phi) is 20.5. The van der Waals surface area contributed by atoms with E-state index in [9.17, 15) is 0 Å². The highest BCUT2D eigenvalue weighted by Gasteiger charge is 2.40. The molecule has 0 aliphatic rings. The molecule has 0 rings (SSSR count). The predicted molar refractivity (Wildman–Crippen MR) is 119 cm³/mol. The minimum atomic E-state index is -2.55. The highest BCUT2D eigenvalue weighted by atomic mass is 32.1. The van der Waals surface area contributed by atoms with Crippen molar-refractivity contribution in [3.63, 3.8) is 0 Å². The molecule has 0 fully saturated rings. The van der Waals surface area contributed by atoms with Gasteiger partial charge in [-0.15, -0.1) is 0 Å². The minimum Gasteiger partial charge on any atom is -0.373 e. The summed E-state index contributed by atoms with van der Waals surface area (Å²) in [7, 11) is -2.55. The summed E-state index contributed by atoms with van der Waals surface area (Å²) in [6.07, 6.45) is 15.7. The molecule has 0 bridgehead atoms. The average molecular weight is 407 g/mol. The van der Waals surface area contributed by atoms with E-state index in [-0.39, 0.29) is 0 Å². The van der Waals surface area contributed by atoms with Crippen molar-refractivity contribution < 1.29 is 13.3 Å². The topological polar surface area (TPSA) is 27.7 Å². The van der Waals surface area contributed by atoms with Crippen molar-refractivity contribution in [2.75, 3.05) is 25.6 Å². The van der Waals surface area contributed by atoms with E-state index in [1.807, 2.05) is 0 Å². The van der Waals surface area contributed by atoms with Gasteiger partial charge >= 0.3 is 8.80 Å². The number of rotatable bonds is 21. The summed E-state index contributed by atoms with van der Waals surface area (Å²) in [5.41, 5.74) is 0. The highest BCUT2D eigenvalue weighted by molar-refractivity contribution is 7.80. The lowest BCUT2D eigenvalue weighted by atomic mass is 10.2. The molecule has 158 valence electrons. The molecule has 3 nitrogen and oxygen atoms in total. The standard InChI is InChI=1S/C21H46O3SSi/c1-4-7-10-13-17-22-26(21-16-20-25,23-18-14-11-8-5-2)24-19-15-12-9-6-3/h25H,4-21H2,1-3H3. The van der Waals surface area contributed by atoms with Gasteiger partial charge in [0.05, 0.1) is 0 Å². The number of unbranched alkanes of at least 4 members (excludes halogenated alkanes) is 9. The zero-order valence-corrected chi connectivity index (χ0v) is 19.8. The molecule has 0 aromatic heterocycles. The fourth-order valence-corrected chi connectivity index (χ4v) is 6.02. The van der Waals surface area contributed by atoms with Gasteiger partial charge in [-0.1, -0.05) is 78.6 Å². The van der Waals surface area contributed by atoms with E-state index in [1.165, 1.54) is 57.8 Å². The summed E-state index contributed by atoms with van der Waals surface area (Å²) in [6.45, 7) is 9.07. The molecule has 0 saturated heterocycles. The van der Waals surface area contributed by atoms with E-state index in [1.54, 1.807) is 0 Å². The highest BCUT2D eigenvalue weighted by Crippen LogP contribution is 2.21. The summed E-state index contributed by atoms with van der Waals surface area (Å²) in [6, 6.07) is 0.909. The van der Waals surface area contributed by atoms with Gasteiger partial charge in [0, 0.05) is 25.9 Å². The van der Waals surface area contributed by atoms with Gasteiger partial charge < -0.3 is 13.3 Å². The van der Waals surface area contributed by atoms with Gasteiger partial charge in [-0.05, 0) is 31.4 Å². The van der Waals surface area contributed by atoms with Crippen LogP contribution in [0.25, 0.3) is 0 Å². The fraction of sp³-hybridized carbons (Fsp3) is 1.00. The molecule has 0 aromatic carbocycles. The molecule has 26 heavy (non-hydrogen) atoms. The molecule has 0 heterocycles. The Hall–Kier alpha value is 0.447. The van der Waals surface area contributed by atoms with Crippen LogP contribution in [-0.4, -0.2) is 34.4 Å². The third-order valence-corrected chi connectivity index (χ3v) is 7.81. The first-order valence-electron chi connectivity index (χ1n) is 11.3. The predicted octanol–water partition coefficient (Wildman–Crippen LogP) is 7.04. The monoisotopic (exact) mass is 406 g/mol. The molecule has 0 radical (unpaired) electrons. The molecule has 0 atom stereocenters. The van der Waals surface area contributed by atoms with Crippen LogP contribution in [-0.2, 0) is 13.3 Å². The molecule has 0 aliphatic heterocycles. The zero-order valence-electron chi connectivity index (χ0n) is 17.9. The van der Waals surface area contributed by atoms with E-state index in [0.717, 1.165) is 57.3 Å². The van der Waals surface area contributed by atoms with Gasteiger partial charge in [0.2, 0.25) is 0 Å². The first kappa shape index (κ1) is 26.4. The number of hydrogen-bond acceptors (Lipinski definition) is 4. The van der Waals surface area contributed by atoms with Gasteiger partial charge in [-0.3, -0.25) is 0 Å². The van der Waals surface area contributed by atoms with E-state index >= 15 is 0 Å². The Morgan fingerprint density at radius 3 is 1.23 bits per heavy atom. The molecule has 5 heteroatoms. The van der Waals surface area contributed by atoms with E-state index in [4.69, 9.17) is 13.3 Å². The lowest BCUT2D eigenvalue weighted by Crippen LogP contribution is -2.46. The Bertz CT molecular complexity index is 244. The number of thiol groups is 1. The van der Waals surface area contributed by atoms with Crippen LogP contribution in [0.2, 0.25) is 6.04 Å². The fourth-order valence-electron chi connectivity index (χ4n) is 2.91. The summed E-state index contributed by atoms with van der Waals surface area (Å²) in [5.74, 6) is 0.867. The average Bonchev–Trinajstić information content (AvgIpc) is 2.65. The van der Waals surface area contributed by atoms with Gasteiger partial charge in [-0.2, -0.15) is 12.6 Å². The molecular weight excluding hydrogens is 360 g/mol. The molecule has 0 amide bonds. The van der Waals surface area contributed by atoms with Crippen LogP contribution >= 0.6 is 12.6 Å². The summed E-state index contributed by atoms with van der Waals surface area (Å²) in [5, 5.41) is 0. The van der Waals surface area contributed by atoms with Crippen molar-refractivity contribution in [1.29, 1.82) is 0 Å². The third-order valence-electron chi connectivity index (χ3n) is 4.60. The van der Waals surface area contributed by atoms with Crippen molar-refractivity contribution in [2.24, 2.45) is 0 Å². The van der Waals surface area contributed by atoms with Crippen molar-refractivity contribution in [1.82, 2.24) is 0 Å². The van der Waals surface area contributed by atoms with Gasteiger partial charge in [0.15, 0.2) is 0 Å². The van der Waals surface area contributed by atoms with Gasteiger partial charge in [-0.25, -0.2) is 0 Å². The van der Waals surface area contributed by atoms with Crippen molar-refractivity contribution in [2.45, 2.75) is 110 Å². The smallest absolute Gasteiger partial charge is 0.373 e. The molecule has 0 aromatic rings. The Morgan fingerprint density at radius 1 is 0.538 bits per heavy atom. The van der Waals surface area contributed by atoms with Crippen LogP contribution in [0.1, 0.15) is 104 Å². The van der Waals surface area contributed by atoms with E-state index < -0.39 is 8.80 Å². The van der Waals surface area contributed by atoms with Crippen LogP contribution in [0.4, 0.5) is 0 Å². The Labute approximate surface area is 170 Å². The summed E-state index contributed by atoms with van der Waals surface area (Å²) in [4.78, 5) is 0. The van der Waals surface area contributed by atoms with Crippen molar-refractivity contribution >= 4 is 21.4 Å². The van der Waals surface area contributed by atoms with Crippen molar-refractivity contribution in [3.8, 4) is 0 Å². The first-order chi connectivity index (χ1) is 12.7. The SMILES string of the molecule is CCCCCCO[Si](CCCS)(OCCCCCC)OCCCCCC. The van der Waals surface area contributed by atoms with Crippen LogP contribution in [0.5, 0.6) is 0 Å². The summed E-state index contributed by atoms with van der Waals surface area (Å²) >= 11 is 4.40. The van der Waals surface area contributed by atoms with E-state index in [2.05, 4.69) is 33.4 Å². The molecule has 0 aliphatic carbocycles. The zero-order chi connectivity index (χ0) is 19.3. The van der Waals surface area contributed by atoms with Gasteiger partial charge in [0.1, 0.15) is 0 Å². The largest absolute Gasteiger partial charge is 0.500 e. The maximum atomic E-state index is 6.35. The van der Waals surface area contributed by atoms with Crippen LogP contribution in [0, 0.1) is 0 Å². The van der Waals surface area contributed by atoms with Crippen LogP contribution in [0.15, 0.2) is 0 Å². The number of hydrogen-bond donors (Lipinski definition) is 1. The molecule has 0 N–H and O–H groups in total. The maximum absolute atomic E-state index is 6.35. The quantitative estimate of drug-likeness (QED) is 0.126. The van der Waals surface area contributed by atoms with E-state index in [0.29, 0.717) is 0 Å². The van der Waals surface area contributed by atoms with Crippen LogP contribution in [0.3, 0.4) is 0 Å². The molecule has 0 spiro atoms. The maximum Gasteiger partial charge on any atom is 0.500 e. The molecular formula is C21H46O3SSi. The van der Waals surface area contributed by atoms with Crippen molar-refractivity contribution in [3.05, 3.63) is 0 Å². The lowest BCUT2D eigenvalue weighted by molar-refractivity contribution is 0.0552. The normalized spacial score (nSPS) is 12.0.